The lowest BCUT2D eigenvalue weighted by Gasteiger charge is -2.36. The maximum Gasteiger partial charge on any atom is 0.185 e. The minimum Gasteiger partial charge on any atom is -0.370 e. The zero-order valence-corrected chi connectivity index (χ0v) is 15.1. The Morgan fingerprint density at radius 3 is 2.43 bits per heavy atom. The van der Waals surface area contributed by atoms with Crippen LogP contribution >= 0.6 is 0 Å². The summed E-state index contributed by atoms with van der Waals surface area (Å²) in [6, 6.07) is 0. The maximum absolute atomic E-state index is 5.53. The van der Waals surface area contributed by atoms with Gasteiger partial charge in [-0.2, -0.15) is 0 Å². The Labute approximate surface area is 142 Å². The number of nitrogens with two attached hydrogens (primary N) is 2. The molecule has 4 N–H and O–H groups in total. The second-order valence-electron chi connectivity index (χ2n) is 8.65. The standard InChI is InChI=1S/C20H35N3/c1-4-15-7-12(2)5-6-16(15)18-8-13(3)17-9-14(10-19(17)18)11-23-20(21)22/h5-6,12-19H,4,7-11H2,1-3H3,(H4,21,22,23)/t12-,13+,14-,15-,16?,17?,18+,19?/m0/s1. The SMILES string of the molecule is CC[C@H]1C[C@@H](C)C=CC1[C@H]1C[C@@H](C)C2C[C@H](CN=C(N)N)CC21. The monoisotopic (exact) mass is 317 g/mol. The maximum atomic E-state index is 5.53. The Morgan fingerprint density at radius 2 is 1.74 bits per heavy atom. The lowest BCUT2D eigenvalue weighted by molar-refractivity contribution is 0.182. The van der Waals surface area contributed by atoms with Gasteiger partial charge in [0.15, 0.2) is 5.96 Å². The van der Waals surface area contributed by atoms with Crippen molar-refractivity contribution in [3.05, 3.63) is 12.2 Å². The van der Waals surface area contributed by atoms with Crippen LogP contribution in [0.15, 0.2) is 17.1 Å². The van der Waals surface area contributed by atoms with Gasteiger partial charge in [0.25, 0.3) is 0 Å². The third-order valence-corrected chi connectivity index (χ3v) is 7.12. The summed E-state index contributed by atoms with van der Waals surface area (Å²) in [7, 11) is 0. The van der Waals surface area contributed by atoms with Crippen LogP contribution < -0.4 is 11.5 Å². The number of guanidine groups is 1. The minimum atomic E-state index is 0.252. The van der Waals surface area contributed by atoms with Crippen LogP contribution in [0, 0.1) is 47.3 Å². The van der Waals surface area contributed by atoms with Crippen LogP contribution in [0.1, 0.15) is 52.9 Å². The predicted octanol–water partition coefficient (Wildman–Crippen LogP) is 3.80. The molecular weight excluding hydrogens is 282 g/mol. The fourth-order valence-corrected chi connectivity index (χ4v) is 6.09. The average molecular weight is 318 g/mol. The fraction of sp³-hybridized carbons (Fsp3) is 0.850. The van der Waals surface area contributed by atoms with Crippen LogP contribution in [-0.2, 0) is 0 Å². The molecule has 0 aromatic rings. The number of hydrogen-bond acceptors (Lipinski definition) is 1. The van der Waals surface area contributed by atoms with E-state index in [4.69, 9.17) is 11.5 Å². The summed E-state index contributed by atoms with van der Waals surface area (Å²) in [5.41, 5.74) is 11.1. The second kappa shape index (κ2) is 6.86. The van der Waals surface area contributed by atoms with E-state index >= 15 is 0 Å². The highest BCUT2D eigenvalue weighted by Gasteiger charge is 2.50. The van der Waals surface area contributed by atoms with Crippen LogP contribution in [0.3, 0.4) is 0 Å². The van der Waals surface area contributed by atoms with Gasteiger partial charge in [0, 0.05) is 6.54 Å². The van der Waals surface area contributed by atoms with Crippen LogP contribution in [-0.4, -0.2) is 12.5 Å². The van der Waals surface area contributed by atoms with Crippen LogP contribution in [0.2, 0.25) is 0 Å². The number of allylic oxidation sites excluding steroid dienone is 2. The fourth-order valence-electron chi connectivity index (χ4n) is 6.09. The van der Waals surface area contributed by atoms with Crippen molar-refractivity contribution in [3.8, 4) is 0 Å². The van der Waals surface area contributed by atoms with Crippen LogP contribution in [0.5, 0.6) is 0 Å². The van der Waals surface area contributed by atoms with E-state index in [0.717, 1.165) is 48.0 Å². The molecule has 8 atom stereocenters. The van der Waals surface area contributed by atoms with E-state index in [9.17, 15) is 0 Å². The summed E-state index contributed by atoms with van der Waals surface area (Å²) in [5, 5.41) is 0. The highest BCUT2D eigenvalue weighted by atomic mass is 15.0. The third-order valence-electron chi connectivity index (χ3n) is 7.12. The Morgan fingerprint density at radius 1 is 1.00 bits per heavy atom. The molecule has 0 aromatic heterocycles. The predicted molar refractivity (Wildman–Crippen MR) is 97.8 cm³/mol. The zero-order valence-electron chi connectivity index (χ0n) is 15.1. The smallest absolute Gasteiger partial charge is 0.185 e. The van der Waals surface area contributed by atoms with Gasteiger partial charge in [-0.3, -0.25) is 4.99 Å². The second-order valence-corrected chi connectivity index (χ2v) is 8.65. The van der Waals surface area contributed by atoms with E-state index in [1.54, 1.807) is 0 Å². The number of nitrogens with zero attached hydrogens (tertiary/aromatic N) is 1. The summed E-state index contributed by atoms with van der Waals surface area (Å²) in [6.45, 7) is 8.08. The molecule has 3 rings (SSSR count). The summed E-state index contributed by atoms with van der Waals surface area (Å²) < 4.78 is 0. The lowest BCUT2D eigenvalue weighted by atomic mass is 9.69. The molecule has 2 saturated carbocycles. The molecule has 3 aliphatic rings. The summed E-state index contributed by atoms with van der Waals surface area (Å²) in [4.78, 5) is 4.30. The normalized spacial score (nSPS) is 45.9. The topological polar surface area (TPSA) is 64.4 Å². The molecule has 3 nitrogen and oxygen atoms in total. The highest BCUT2D eigenvalue weighted by Crippen LogP contribution is 2.57. The van der Waals surface area contributed by atoms with Gasteiger partial charge in [-0.25, -0.2) is 0 Å². The van der Waals surface area contributed by atoms with E-state index < -0.39 is 0 Å². The quantitative estimate of drug-likeness (QED) is 0.470. The molecule has 130 valence electrons. The Balaban J connectivity index is 1.72. The van der Waals surface area contributed by atoms with Gasteiger partial charge in [-0.05, 0) is 73.0 Å². The highest BCUT2D eigenvalue weighted by molar-refractivity contribution is 5.75. The van der Waals surface area contributed by atoms with Crippen molar-refractivity contribution in [1.82, 2.24) is 0 Å². The van der Waals surface area contributed by atoms with E-state index in [1.165, 1.54) is 32.1 Å². The molecule has 3 heteroatoms. The summed E-state index contributed by atoms with van der Waals surface area (Å²) >= 11 is 0. The number of aliphatic imine (C=N–C) groups is 1. The van der Waals surface area contributed by atoms with Crippen molar-refractivity contribution in [2.75, 3.05) is 6.54 Å². The molecule has 0 saturated heterocycles. The Bertz CT molecular complexity index is 466. The first-order valence-electron chi connectivity index (χ1n) is 9.73. The molecule has 3 unspecified atom stereocenters. The van der Waals surface area contributed by atoms with Gasteiger partial charge in [0.05, 0.1) is 0 Å². The minimum absolute atomic E-state index is 0.252. The van der Waals surface area contributed by atoms with Gasteiger partial charge in [-0.15, -0.1) is 0 Å². The van der Waals surface area contributed by atoms with Crippen molar-refractivity contribution in [2.45, 2.75) is 52.9 Å². The van der Waals surface area contributed by atoms with Gasteiger partial charge in [0.1, 0.15) is 0 Å². The molecule has 0 aromatic carbocycles. The Hall–Kier alpha value is -0.990. The first kappa shape index (κ1) is 16.9. The molecule has 0 radical (unpaired) electrons. The zero-order chi connectivity index (χ0) is 16.6. The average Bonchev–Trinajstić information content (AvgIpc) is 3.06. The summed E-state index contributed by atoms with van der Waals surface area (Å²) in [6.07, 6.45) is 11.9. The molecule has 2 fully saturated rings. The number of hydrogen-bond donors (Lipinski definition) is 2. The van der Waals surface area contributed by atoms with E-state index in [-0.39, 0.29) is 5.96 Å². The van der Waals surface area contributed by atoms with E-state index in [0.29, 0.717) is 5.92 Å². The van der Waals surface area contributed by atoms with Gasteiger partial charge < -0.3 is 11.5 Å². The third kappa shape index (κ3) is 3.44. The van der Waals surface area contributed by atoms with E-state index in [1.807, 2.05) is 0 Å². The Kier molecular flexibility index (Phi) is 5.03. The molecule has 3 aliphatic carbocycles. The first-order valence-corrected chi connectivity index (χ1v) is 9.73. The largest absolute Gasteiger partial charge is 0.370 e. The lowest BCUT2D eigenvalue weighted by Crippen LogP contribution is -2.29. The van der Waals surface area contributed by atoms with Gasteiger partial charge in [0.2, 0.25) is 0 Å². The van der Waals surface area contributed by atoms with Gasteiger partial charge in [-0.1, -0.05) is 39.3 Å². The van der Waals surface area contributed by atoms with E-state index in [2.05, 4.69) is 37.9 Å². The van der Waals surface area contributed by atoms with Crippen LogP contribution in [0.25, 0.3) is 0 Å². The molecule has 0 heterocycles. The van der Waals surface area contributed by atoms with Crippen molar-refractivity contribution >= 4 is 5.96 Å². The summed E-state index contributed by atoms with van der Waals surface area (Å²) in [5.74, 6) is 7.01. The molecule has 0 amide bonds. The molecule has 0 spiro atoms. The first-order chi connectivity index (χ1) is 11.0. The van der Waals surface area contributed by atoms with Crippen molar-refractivity contribution in [2.24, 2.45) is 63.8 Å². The number of rotatable bonds is 4. The molecule has 23 heavy (non-hydrogen) atoms. The van der Waals surface area contributed by atoms with Gasteiger partial charge >= 0.3 is 0 Å². The van der Waals surface area contributed by atoms with Crippen molar-refractivity contribution in [3.63, 3.8) is 0 Å². The molecule has 0 aliphatic heterocycles. The molecular formula is C20H35N3. The molecule has 0 bridgehead atoms. The number of fused-ring (bicyclic) bond motifs is 1. The van der Waals surface area contributed by atoms with Crippen molar-refractivity contribution in [1.29, 1.82) is 0 Å². The van der Waals surface area contributed by atoms with Crippen molar-refractivity contribution < 1.29 is 0 Å². The van der Waals surface area contributed by atoms with Crippen LogP contribution in [0.4, 0.5) is 0 Å².